The number of halogens is 1. The number of hydrogen-bond acceptors (Lipinski definition) is 3. The quantitative estimate of drug-likeness (QED) is 0.473. The van der Waals surface area contributed by atoms with E-state index in [1.807, 2.05) is 0 Å². The van der Waals surface area contributed by atoms with E-state index in [4.69, 9.17) is 4.55 Å². The summed E-state index contributed by atoms with van der Waals surface area (Å²) in [7, 11) is 0. The molecule has 0 aliphatic rings. The third-order valence-electron chi connectivity index (χ3n) is 0.798. The topological polar surface area (TPSA) is 63.1 Å². The minimum Gasteiger partial charge on any atom is -0.302 e. The lowest BCUT2D eigenvalue weighted by atomic mass is 10.7. The average molecular weight is 162 g/mol. The first kappa shape index (κ1) is 7.23. The van der Waals surface area contributed by atoms with Crippen molar-refractivity contribution in [1.82, 2.24) is 9.97 Å². The third-order valence-corrected chi connectivity index (χ3v) is 1.41. The van der Waals surface area contributed by atoms with Gasteiger partial charge in [0.2, 0.25) is 0 Å². The van der Waals surface area contributed by atoms with Crippen LogP contribution in [0.4, 0.5) is 4.39 Å². The molecular formula is C4H3FN2O2S. The van der Waals surface area contributed by atoms with Crippen molar-refractivity contribution in [3.8, 4) is 0 Å². The molecule has 1 unspecified atom stereocenters. The van der Waals surface area contributed by atoms with Gasteiger partial charge < -0.3 is 4.55 Å². The summed E-state index contributed by atoms with van der Waals surface area (Å²) in [5.74, 6) is 0. The Morgan fingerprint density at radius 1 is 1.50 bits per heavy atom. The maximum atomic E-state index is 11.9. The summed E-state index contributed by atoms with van der Waals surface area (Å²) in [6.45, 7) is 0. The zero-order valence-electron chi connectivity index (χ0n) is 4.69. The molecule has 54 valence electrons. The van der Waals surface area contributed by atoms with Crippen LogP contribution in [0, 0.1) is 6.08 Å². The Bertz CT molecular complexity index is 250. The lowest BCUT2D eigenvalue weighted by molar-refractivity contribution is 0.529. The largest absolute Gasteiger partial charge is 0.308 e. The van der Waals surface area contributed by atoms with Crippen LogP contribution >= 0.6 is 0 Å². The Morgan fingerprint density at radius 2 is 2.00 bits per heavy atom. The third kappa shape index (κ3) is 1.55. The van der Waals surface area contributed by atoms with E-state index in [9.17, 15) is 8.60 Å². The molecular weight excluding hydrogens is 159 g/mol. The zero-order chi connectivity index (χ0) is 7.56. The van der Waals surface area contributed by atoms with Crippen molar-refractivity contribution < 1.29 is 13.2 Å². The molecule has 0 aliphatic carbocycles. The van der Waals surface area contributed by atoms with E-state index in [1.165, 1.54) is 0 Å². The molecule has 0 saturated heterocycles. The molecule has 0 fully saturated rings. The van der Waals surface area contributed by atoms with Crippen LogP contribution in [-0.2, 0) is 11.1 Å². The molecule has 1 aromatic heterocycles. The minimum absolute atomic E-state index is 0.0126. The fourth-order valence-corrected chi connectivity index (χ4v) is 0.676. The van der Waals surface area contributed by atoms with Gasteiger partial charge in [-0.25, -0.2) is 14.2 Å². The molecule has 0 aromatic carbocycles. The summed E-state index contributed by atoms with van der Waals surface area (Å²) in [4.78, 5) is 6.13. The van der Waals surface area contributed by atoms with Crippen LogP contribution in [0.1, 0.15) is 0 Å². The van der Waals surface area contributed by atoms with Gasteiger partial charge in [-0.15, -0.1) is 0 Å². The lowest BCUT2D eigenvalue weighted by Crippen LogP contribution is -1.93. The first-order valence-corrected chi connectivity index (χ1v) is 3.39. The fraction of sp³-hybridized carbons (Fsp3) is 0. The van der Waals surface area contributed by atoms with E-state index in [1.54, 1.807) is 0 Å². The highest BCUT2D eigenvalue weighted by molar-refractivity contribution is 7.79. The maximum Gasteiger partial charge on any atom is 0.308 e. The molecule has 0 aliphatic heterocycles. The summed E-state index contributed by atoms with van der Waals surface area (Å²) in [5.41, 5.74) is 0. The molecule has 6 heteroatoms. The Kier molecular flexibility index (Phi) is 2.03. The Hall–Kier alpha value is -0.880. The first-order chi connectivity index (χ1) is 4.70. The zero-order valence-corrected chi connectivity index (χ0v) is 5.51. The molecule has 0 bridgehead atoms. The van der Waals surface area contributed by atoms with Crippen LogP contribution in [-0.4, -0.2) is 18.7 Å². The van der Waals surface area contributed by atoms with Crippen LogP contribution in [0.2, 0.25) is 0 Å². The Balaban J connectivity index is 3.00. The molecule has 0 radical (unpaired) electrons. The summed E-state index contributed by atoms with van der Waals surface area (Å²) >= 11 is -2.13. The summed E-state index contributed by atoms with van der Waals surface area (Å²) in [5, 5.41) is 0. The number of aromatic nitrogens is 2. The Morgan fingerprint density at radius 3 is 2.40 bits per heavy atom. The van der Waals surface area contributed by atoms with Gasteiger partial charge in [-0.2, -0.15) is 4.39 Å². The van der Waals surface area contributed by atoms with Crippen molar-refractivity contribution in [2.45, 2.75) is 4.90 Å². The molecule has 0 amide bonds. The van der Waals surface area contributed by atoms with Gasteiger partial charge >= 0.3 is 6.08 Å². The van der Waals surface area contributed by atoms with Gasteiger partial charge in [0.1, 0.15) is 4.90 Å². The number of nitrogens with zero attached hydrogens (tertiary/aromatic N) is 2. The maximum absolute atomic E-state index is 11.9. The molecule has 1 atom stereocenters. The summed E-state index contributed by atoms with van der Waals surface area (Å²) in [6.07, 6.45) is 1.01. The minimum atomic E-state index is -2.13. The predicted molar refractivity (Wildman–Crippen MR) is 31.0 cm³/mol. The molecule has 4 nitrogen and oxygen atoms in total. The fourth-order valence-electron chi connectivity index (χ4n) is 0.391. The van der Waals surface area contributed by atoms with Gasteiger partial charge in [-0.1, -0.05) is 0 Å². The van der Waals surface area contributed by atoms with Gasteiger partial charge in [0, 0.05) is 0 Å². The van der Waals surface area contributed by atoms with Crippen molar-refractivity contribution in [2.24, 2.45) is 0 Å². The van der Waals surface area contributed by atoms with Gasteiger partial charge in [0.15, 0.2) is 11.1 Å². The number of rotatable bonds is 1. The van der Waals surface area contributed by atoms with Crippen molar-refractivity contribution in [1.29, 1.82) is 0 Å². The molecule has 1 aromatic rings. The number of hydrogen-bond donors (Lipinski definition) is 1. The second-order valence-corrected chi connectivity index (χ2v) is 2.41. The van der Waals surface area contributed by atoms with Crippen LogP contribution in [0.3, 0.4) is 0 Å². The second-order valence-electron chi connectivity index (χ2n) is 1.44. The van der Waals surface area contributed by atoms with Crippen molar-refractivity contribution >= 4 is 11.1 Å². The molecule has 1 heterocycles. The molecule has 1 N–H and O–H groups in total. The van der Waals surface area contributed by atoms with E-state index < -0.39 is 17.2 Å². The van der Waals surface area contributed by atoms with Crippen LogP contribution in [0.25, 0.3) is 0 Å². The van der Waals surface area contributed by atoms with E-state index in [0.717, 1.165) is 12.4 Å². The van der Waals surface area contributed by atoms with Gasteiger partial charge in [0.05, 0.1) is 12.4 Å². The lowest BCUT2D eigenvalue weighted by Gasteiger charge is -1.89. The SMILES string of the molecule is O=S(O)c1cnc(F)nc1. The van der Waals surface area contributed by atoms with Gasteiger partial charge in [-0.05, 0) is 0 Å². The molecule has 10 heavy (non-hydrogen) atoms. The standard InChI is InChI=1S/C4H3FN2O2S/c5-4-6-1-3(2-7-4)10(8)9/h1-2H,(H,8,9). The monoisotopic (exact) mass is 162 g/mol. The summed E-state index contributed by atoms with van der Waals surface area (Å²) < 4.78 is 30.6. The normalized spacial score (nSPS) is 13.0. The van der Waals surface area contributed by atoms with Gasteiger partial charge in [0.25, 0.3) is 0 Å². The average Bonchev–Trinajstić information content (AvgIpc) is 1.88. The van der Waals surface area contributed by atoms with Gasteiger partial charge in [-0.3, -0.25) is 0 Å². The van der Waals surface area contributed by atoms with E-state index in [0.29, 0.717) is 0 Å². The van der Waals surface area contributed by atoms with E-state index >= 15 is 0 Å². The molecule has 0 spiro atoms. The van der Waals surface area contributed by atoms with Crippen LogP contribution in [0.15, 0.2) is 17.3 Å². The highest BCUT2D eigenvalue weighted by atomic mass is 32.2. The second kappa shape index (κ2) is 2.80. The highest BCUT2D eigenvalue weighted by Gasteiger charge is 1.99. The first-order valence-electron chi connectivity index (χ1n) is 2.28. The molecule has 1 rings (SSSR count). The summed E-state index contributed by atoms with van der Waals surface area (Å²) in [6, 6.07) is 0. The van der Waals surface area contributed by atoms with Crippen molar-refractivity contribution in [3.05, 3.63) is 18.5 Å². The van der Waals surface area contributed by atoms with Crippen molar-refractivity contribution in [3.63, 3.8) is 0 Å². The van der Waals surface area contributed by atoms with Crippen LogP contribution < -0.4 is 0 Å². The van der Waals surface area contributed by atoms with Crippen molar-refractivity contribution in [2.75, 3.05) is 0 Å². The predicted octanol–water partition coefficient (Wildman–Crippen LogP) is 0.196. The molecule has 0 saturated carbocycles. The highest BCUT2D eigenvalue weighted by Crippen LogP contribution is 1.98. The van der Waals surface area contributed by atoms with E-state index in [-0.39, 0.29) is 4.90 Å². The smallest absolute Gasteiger partial charge is 0.302 e. The Labute approximate surface area is 58.4 Å². The van der Waals surface area contributed by atoms with E-state index in [2.05, 4.69) is 9.97 Å². The van der Waals surface area contributed by atoms with Crippen LogP contribution in [0.5, 0.6) is 0 Å².